The average molecular weight is 301 g/mol. The van der Waals surface area contributed by atoms with Crippen molar-refractivity contribution in [2.45, 2.75) is 0 Å². The van der Waals surface area contributed by atoms with Gasteiger partial charge in [-0.05, 0) is 28.1 Å². The highest BCUT2D eigenvalue weighted by Gasteiger charge is 2.23. The summed E-state index contributed by atoms with van der Waals surface area (Å²) in [4.78, 5) is 15.7. The van der Waals surface area contributed by atoms with Gasteiger partial charge in [-0.25, -0.2) is 13.8 Å². The molecule has 0 aliphatic carbocycles. The van der Waals surface area contributed by atoms with Crippen molar-refractivity contribution in [3.05, 3.63) is 52.0 Å². The van der Waals surface area contributed by atoms with Crippen LogP contribution in [0.3, 0.4) is 0 Å². The van der Waals surface area contributed by atoms with Crippen molar-refractivity contribution in [1.29, 1.82) is 0 Å². The van der Waals surface area contributed by atoms with Gasteiger partial charge in [0.2, 0.25) is 5.78 Å². The van der Waals surface area contributed by atoms with Crippen molar-refractivity contribution in [3.8, 4) is 0 Å². The first-order valence-electron chi connectivity index (χ1n) is 4.68. The number of carbonyl (C=O) groups is 1. The van der Waals surface area contributed by atoms with E-state index in [9.17, 15) is 13.6 Å². The second kappa shape index (κ2) is 4.37. The maximum Gasteiger partial charge on any atom is 0.234 e. The lowest BCUT2D eigenvalue weighted by Crippen LogP contribution is -2.13. The van der Waals surface area contributed by atoms with Crippen LogP contribution in [0.5, 0.6) is 0 Å². The molecule has 0 saturated heterocycles. The quantitative estimate of drug-likeness (QED) is 0.631. The lowest BCUT2D eigenvalue weighted by atomic mass is 10.1. The normalized spacial score (nSPS) is 10.6. The molecule has 0 N–H and O–H groups in total. The van der Waals surface area contributed by atoms with Crippen LogP contribution in [0.2, 0.25) is 0 Å². The first-order valence-corrected chi connectivity index (χ1v) is 5.47. The molecular weight excluding hydrogens is 294 g/mol. The molecule has 0 radical (unpaired) electrons. The first kappa shape index (κ1) is 11.9. The Hall–Kier alpha value is -1.56. The first-order chi connectivity index (χ1) is 8.02. The third kappa shape index (κ3) is 2.00. The van der Waals surface area contributed by atoms with E-state index in [1.54, 1.807) is 7.05 Å². The summed E-state index contributed by atoms with van der Waals surface area (Å²) in [5.41, 5.74) is -0.603. The van der Waals surface area contributed by atoms with Crippen LogP contribution >= 0.6 is 15.9 Å². The van der Waals surface area contributed by atoms with E-state index in [1.165, 1.54) is 23.0 Å². The largest absolute Gasteiger partial charge is 0.331 e. The summed E-state index contributed by atoms with van der Waals surface area (Å²) in [5, 5.41) is 0. The summed E-state index contributed by atoms with van der Waals surface area (Å²) < 4.78 is 28.6. The molecule has 2 aromatic rings. The molecule has 1 aromatic heterocycles. The van der Waals surface area contributed by atoms with Crippen LogP contribution < -0.4 is 0 Å². The fraction of sp³-hybridized carbons (Fsp3) is 0.0909. The van der Waals surface area contributed by atoms with Gasteiger partial charge in [0.15, 0.2) is 11.6 Å². The van der Waals surface area contributed by atoms with Crippen molar-refractivity contribution in [3.63, 3.8) is 0 Å². The lowest BCUT2D eigenvalue weighted by Gasteiger charge is -2.05. The molecule has 1 aromatic carbocycles. The molecule has 0 saturated carbocycles. The number of nitrogens with zero attached hydrogens (tertiary/aromatic N) is 2. The van der Waals surface area contributed by atoms with Crippen molar-refractivity contribution >= 4 is 21.7 Å². The topological polar surface area (TPSA) is 34.9 Å². The molecule has 88 valence electrons. The van der Waals surface area contributed by atoms with Crippen molar-refractivity contribution in [2.75, 3.05) is 0 Å². The number of ketones is 1. The number of imidazole rings is 1. The van der Waals surface area contributed by atoms with Gasteiger partial charge in [0.1, 0.15) is 5.82 Å². The summed E-state index contributed by atoms with van der Waals surface area (Å²) in [7, 11) is 1.58. The summed E-state index contributed by atoms with van der Waals surface area (Å²) in [6, 6.07) is 2.24. The summed E-state index contributed by atoms with van der Waals surface area (Å²) in [6.45, 7) is 0. The van der Waals surface area contributed by atoms with Crippen molar-refractivity contribution in [2.24, 2.45) is 7.05 Å². The van der Waals surface area contributed by atoms with Crippen LogP contribution in [-0.4, -0.2) is 15.3 Å². The highest BCUT2D eigenvalue weighted by Crippen LogP contribution is 2.23. The van der Waals surface area contributed by atoms with E-state index in [2.05, 4.69) is 20.9 Å². The lowest BCUT2D eigenvalue weighted by molar-refractivity contribution is 0.101. The monoisotopic (exact) mass is 300 g/mol. The molecule has 6 heteroatoms. The zero-order valence-electron chi connectivity index (χ0n) is 8.75. The minimum absolute atomic E-state index is 0.0131. The van der Waals surface area contributed by atoms with Gasteiger partial charge in [-0.3, -0.25) is 4.79 Å². The Bertz CT molecular complexity index is 595. The van der Waals surface area contributed by atoms with Crippen molar-refractivity contribution in [1.82, 2.24) is 9.55 Å². The summed E-state index contributed by atoms with van der Waals surface area (Å²) in [5.74, 6) is -2.62. The highest BCUT2D eigenvalue weighted by molar-refractivity contribution is 9.10. The Labute approximate surface area is 104 Å². The maximum atomic E-state index is 13.7. The molecule has 2 rings (SSSR count). The second-order valence-corrected chi connectivity index (χ2v) is 4.26. The number of hydrogen-bond donors (Lipinski definition) is 0. The van der Waals surface area contributed by atoms with Gasteiger partial charge in [-0.2, -0.15) is 0 Å². The van der Waals surface area contributed by atoms with Crippen LogP contribution in [0, 0.1) is 11.6 Å². The van der Waals surface area contributed by atoms with Gasteiger partial charge < -0.3 is 4.57 Å². The molecular formula is C11H7BrF2N2O. The summed E-state index contributed by atoms with van der Waals surface area (Å²) in [6.07, 6.45) is 2.92. The zero-order chi connectivity index (χ0) is 12.6. The number of rotatable bonds is 2. The van der Waals surface area contributed by atoms with Gasteiger partial charge in [0.05, 0.1) is 10.0 Å². The van der Waals surface area contributed by atoms with Gasteiger partial charge in [0.25, 0.3) is 0 Å². The van der Waals surface area contributed by atoms with Gasteiger partial charge >= 0.3 is 0 Å². The number of benzene rings is 1. The van der Waals surface area contributed by atoms with Gasteiger partial charge in [-0.1, -0.05) is 0 Å². The third-order valence-corrected chi connectivity index (χ3v) is 2.91. The molecule has 0 amide bonds. The fourth-order valence-electron chi connectivity index (χ4n) is 1.43. The fourth-order valence-corrected chi connectivity index (χ4v) is 1.76. The molecule has 0 aliphatic rings. The number of hydrogen-bond acceptors (Lipinski definition) is 2. The van der Waals surface area contributed by atoms with E-state index in [0.29, 0.717) is 0 Å². The molecule has 1 heterocycles. The van der Waals surface area contributed by atoms with Crippen LogP contribution in [0.4, 0.5) is 8.78 Å². The zero-order valence-corrected chi connectivity index (χ0v) is 10.3. The highest BCUT2D eigenvalue weighted by atomic mass is 79.9. The predicted octanol–water partition coefficient (Wildman–Crippen LogP) is 2.69. The van der Waals surface area contributed by atoms with E-state index in [-0.39, 0.29) is 10.3 Å². The van der Waals surface area contributed by atoms with Crippen LogP contribution in [0.25, 0.3) is 0 Å². The van der Waals surface area contributed by atoms with E-state index in [4.69, 9.17) is 0 Å². The Kier molecular flexibility index (Phi) is 3.06. The van der Waals surface area contributed by atoms with Crippen molar-refractivity contribution < 1.29 is 13.6 Å². The van der Waals surface area contributed by atoms with E-state index in [0.717, 1.165) is 6.07 Å². The SMILES string of the molecule is Cn1ccnc1C(=O)c1c(F)ccc(Br)c1F. The van der Waals surface area contributed by atoms with Gasteiger partial charge in [0, 0.05) is 19.4 Å². The Morgan fingerprint density at radius 2 is 2.12 bits per heavy atom. The average Bonchev–Trinajstić information content (AvgIpc) is 2.70. The minimum atomic E-state index is -0.919. The smallest absolute Gasteiger partial charge is 0.234 e. The molecule has 0 fully saturated rings. The second-order valence-electron chi connectivity index (χ2n) is 3.41. The summed E-state index contributed by atoms with van der Waals surface area (Å²) >= 11 is 2.91. The maximum absolute atomic E-state index is 13.7. The molecule has 3 nitrogen and oxygen atoms in total. The standard InChI is InChI=1S/C11H7BrF2N2O/c1-16-5-4-15-11(16)10(17)8-7(13)3-2-6(12)9(8)14/h2-5H,1H3. The Balaban J connectivity index is 2.59. The number of aromatic nitrogens is 2. The molecule has 17 heavy (non-hydrogen) atoms. The Morgan fingerprint density at radius 3 is 2.71 bits per heavy atom. The van der Waals surface area contributed by atoms with E-state index < -0.39 is 23.0 Å². The predicted molar refractivity (Wildman–Crippen MR) is 60.7 cm³/mol. The number of aryl methyl sites for hydroxylation is 1. The minimum Gasteiger partial charge on any atom is -0.331 e. The van der Waals surface area contributed by atoms with E-state index >= 15 is 0 Å². The molecule has 0 atom stereocenters. The molecule has 0 spiro atoms. The van der Waals surface area contributed by atoms with Crippen LogP contribution in [-0.2, 0) is 7.05 Å². The number of carbonyl (C=O) groups excluding carboxylic acids is 1. The molecule has 0 bridgehead atoms. The van der Waals surface area contributed by atoms with E-state index in [1.807, 2.05) is 0 Å². The molecule has 0 aliphatic heterocycles. The van der Waals surface area contributed by atoms with Crippen LogP contribution in [0.15, 0.2) is 29.0 Å². The third-order valence-electron chi connectivity index (χ3n) is 2.30. The number of halogens is 3. The molecule has 0 unspecified atom stereocenters. The Morgan fingerprint density at radius 1 is 1.41 bits per heavy atom. The van der Waals surface area contributed by atoms with Gasteiger partial charge in [-0.15, -0.1) is 0 Å². The van der Waals surface area contributed by atoms with Crippen LogP contribution in [0.1, 0.15) is 16.2 Å².